The molecule has 146 valence electrons. The van der Waals surface area contributed by atoms with Gasteiger partial charge in [0.15, 0.2) is 5.82 Å². The van der Waals surface area contributed by atoms with Gasteiger partial charge in [-0.2, -0.15) is 9.97 Å². The molecule has 0 amide bonds. The van der Waals surface area contributed by atoms with Gasteiger partial charge in [-0.15, -0.1) is 0 Å². The second-order valence-electron chi connectivity index (χ2n) is 6.42. The van der Waals surface area contributed by atoms with Crippen LogP contribution in [0.15, 0.2) is 87.0 Å². The molecule has 0 saturated heterocycles. The summed E-state index contributed by atoms with van der Waals surface area (Å²) in [7, 11) is 0. The maximum Gasteiger partial charge on any atom is 0.259 e. The van der Waals surface area contributed by atoms with E-state index in [0.717, 1.165) is 11.1 Å². The average Bonchev–Trinajstić information content (AvgIpc) is 3.47. The van der Waals surface area contributed by atoms with E-state index in [1.807, 2.05) is 30.3 Å². The van der Waals surface area contributed by atoms with E-state index in [4.69, 9.17) is 9.05 Å². The summed E-state index contributed by atoms with van der Waals surface area (Å²) in [5, 5.41) is 7.97. The summed E-state index contributed by atoms with van der Waals surface area (Å²) in [5.41, 5.74) is 1.99. The second kappa shape index (κ2) is 7.55. The molecule has 30 heavy (non-hydrogen) atoms. The maximum atomic E-state index is 12.3. The molecule has 4 heterocycles. The monoisotopic (exact) mass is 398 g/mol. The van der Waals surface area contributed by atoms with Gasteiger partial charge in [-0.25, -0.2) is 0 Å². The molecule has 0 N–H and O–H groups in total. The van der Waals surface area contributed by atoms with E-state index in [1.54, 1.807) is 36.8 Å². The lowest BCUT2D eigenvalue weighted by Crippen LogP contribution is -2.19. The SMILES string of the molecule is O=c1ccc(-c2nc(-c3ccncc3)no2)cn1Cc1noc(-c2ccccc2)n1. The van der Waals surface area contributed by atoms with Gasteiger partial charge in [0, 0.05) is 35.8 Å². The van der Waals surface area contributed by atoms with Crippen LogP contribution in [0.1, 0.15) is 5.82 Å². The summed E-state index contributed by atoms with van der Waals surface area (Å²) >= 11 is 0. The molecule has 0 aliphatic heterocycles. The Morgan fingerprint density at radius 3 is 2.37 bits per heavy atom. The molecular formula is C21H14N6O3. The van der Waals surface area contributed by atoms with Crippen LogP contribution < -0.4 is 5.56 Å². The lowest BCUT2D eigenvalue weighted by Gasteiger charge is -2.03. The minimum Gasteiger partial charge on any atom is -0.334 e. The Morgan fingerprint density at radius 2 is 1.53 bits per heavy atom. The summed E-state index contributed by atoms with van der Waals surface area (Å²) < 4.78 is 12.1. The standard InChI is InChI=1S/C21H14N6O3/c28-18-7-6-16(21-24-19(26-30-21)14-8-10-22-11-9-14)12-27(18)13-17-23-20(29-25-17)15-4-2-1-3-5-15/h1-12H,13H2. The fourth-order valence-corrected chi connectivity index (χ4v) is 2.91. The first-order valence-corrected chi connectivity index (χ1v) is 9.09. The third kappa shape index (κ3) is 3.51. The summed E-state index contributed by atoms with van der Waals surface area (Å²) in [5.74, 6) is 1.52. The highest BCUT2D eigenvalue weighted by molar-refractivity contribution is 5.58. The van der Waals surface area contributed by atoms with Gasteiger partial charge < -0.3 is 13.6 Å². The van der Waals surface area contributed by atoms with Crippen LogP contribution in [0.25, 0.3) is 34.3 Å². The van der Waals surface area contributed by atoms with E-state index in [1.165, 1.54) is 10.6 Å². The zero-order chi connectivity index (χ0) is 20.3. The van der Waals surface area contributed by atoms with E-state index in [9.17, 15) is 4.79 Å². The van der Waals surface area contributed by atoms with Crippen molar-refractivity contribution >= 4 is 0 Å². The van der Waals surface area contributed by atoms with E-state index < -0.39 is 0 Å². The zero-order valence-electron chi connectivity index (χ0n) is 15.5. The Balaban J connectivity index is 1.42. The van der Waals surface area contributed by atoms with Crippen LogP contribution in [0.2, 0.25) is 0 Å². The Morgan fingerprint density at radius 1 is 0.767 bits per heavy atom. The molecular weight excluding hydrogens is 384 g/mol. The Labute approximate surface area is 169 Å². The predicted molar refractivity (Wildman–Crippen MR) is 106 cm³/mol. The van der Waals surface area contributed by atoms with Gasteiger partial charge in [0.25, 0.3) is 17.3 Å². The van der Waals surface area contributed by atoms with Gasteiger partial charge in [0.1, 0.15) is 0 Å². The molecule has 0 aliphatic rings. The summed E-state index contributed by atoms with van der Waals surface area (Å²) in [4.78, 5) is 25.1. The molecule has 1 aromatic carbocycles. The van der Waals surface area contributed by atoms with E-state index in [-0.39, 0.29) is 12.1 Å². The van der Waals surface area contributed by atoms with E-state index in [0.29, 0.717) is 29.0 Å². The van der Waals surface area contributed by atoms with Crippen molar-refractivity contribution < 1.29 is 9.05 Å². The molecule has 0 unspecified atom stereocenters. The van der Waals surface area contributed by atoms with Crippen LogP contribution in [0.4, 0.5) is 0 Å². The van der Waals surface area contributed by atoms with Crippen molar-refractivity contribution in [3.63, 3.8) is 0 Å². The lowest BCUT2D eigenvalue weighted by molar-refractivity contribution is 0.420. The first-order chi connectivity index (χ1) is 14.8. The van der Waals surface area contributed by atoms with Crippen LogP contribution in [-0.2, 0) is 6.54 Å². The van der Waals surface area contributed by atoms with Crippen LogP contribution in [0.3, 0.4) is 0 Å². The van der Waals surface area contributed by atoms with Gasteiger partial charge in [0.05, 0.1) is 12.1 Å². The first kappa shape index (κ1) is 17.7. The summed E-state index contributed by atoms with van der Waals surface area (Å²) in [6.45, 7) is 0.147. The summed E-state index contributed by atoms with van der Waals surface area (Å²) in [6, 6.07) is 16.1. The number of hydrogen-bond donors (Lipinski definition) is 0. The Hall–Kier alpha value is -4.40. The predicted octanol–water partition coefficient (Wildman–Crippen LogP) is 3.06. The fraction of sp³-hybridized carbons (Fsp3) is 0.0476. The average molecular weight is 398 g/mol. The van der Waals surface area contributed by atoms with Gasteiger partial charge >= 0.3 is 0 Å². The van der Waals surface area contributed by atoms with Gasteiger partial charge in [-0.3, -0.25) is 9.78 Å². The molecule has 0 radical (unpaired) electrons. The van der Waals surface area contributed by atoms with Crippen molar-refractivity contribution in [2.24, 2.45) is 0 Å². The maximum absolute atomic E-state index is 12.3. The van der Waals surface area contributed by atoms with E-state index >= 15 is 0 Å². The van der Waals surface area contributed by atoms with Crippen LogP contribution in [-0.4, -0.2) is 29.8 Å². The van der Waals surface area contributed by atoms with Gasteiger partial charge in [0.2, 0.25) is 5.82 Å². The highest BCUT2D eigenvalue weighted by Crippen LogP contribution is 2.21. The highest BCUT2D eigenvalue weighted by atomic mass is 16.5. The number of aromatic nitrogens is 6. The normalized spacial score (nSPS) is 10.9. The molecule has 4 aromatic heterocycles. The van der Waals surface area contributed by atoms with Gasteiger partial charge in [-0.1, -0.05) is 28.5 Å². The fourth-order valence-electron chi connectivity index (χ4n) is 2.91. The van der Waals surface area contributed by atoms with Crippen molar-refractivity contribution in [3.05, 3.63) is 89.4 Å². The Bertz CT molecular complexity index is 1340. The topological polar surface area (TPSA) is 113 Å². The molecule has 5 aromatic rings. The molecule has 0 aliphatic carbocycles. The molecule has 5 rings (SSSR count). The molecule has 0 saturated carbocycles. The first-order valence-electron chi connectivity index (χ1n) is 9.09. The quantitative estimate of drug-likeness (QED) is 0.444. The second-order valence-corrected chi connectivity index (χ2v) is 6.42. The lowest BCUT2D eigenvalue weighted by atomic mass is 10.2. The van der Waals surface area contributed by atoms with Crippen molar-refractivity contribution in [1.29, 1.82) is 0 Å². The zero-order valence-corrected chi connectivity index (χ0v) is 15.5. The number of rotatable bonds is 5. The minimum atomic E-state index is -0.210. The third-order valence-electron chi connectivity index (χ3n) is 4.40. The highest BCUT2D eigenvalue weighted by Gasteiger charge is 2.14. The molecule has 0 atom stereocenters. The molecule has 0 spiro atoms. The van der Waals surface area contributed by atoms with Crippen LogP contribution >= 0.6 is 0 Å². The largest absolute Gasteiger partial charge is 0.334 e. The van der Waals surface area contributed by atoms with Crippen molar-refractivity contribution in [2.75, 3.05) is 0 Å². The molecule has 0 fully saturated rings. The van der Waals surface area contributed by atoms with Crippen LogP contribution in [0.5, 0.6) is 0 Å². The smallest absolute Gasteiger partial charge is 0.259 e. The number of nitrogens with zero attached hydrogens (tertiary/aromatic N) is 6. The van der Waals surface area contributed by atoms with Gasteiger partial charge in [-0.05, 0) is 30.3 Å². The minimum absolute atomic E-state index is 0.147. The van der Waals surface area contributed by atoms with Crippen LogP contribution in [0, 0.1) is 0 Å². The van der Waals surface area contributed by atoms with Crippen molar-refractivity contribution in [3.8, 4) is 34.3 Å². The Kier molecular flexibility index (Phi) is 4.45. The number of pyridine rings is 2. The number of hydrogen-bond acceptors (Lipinski definition) is 8. The number of benzene rings is 1. The third-order valence-corrected chi connectivity index (χ3v) is 4.40. The molecule has 9 heteroatoms. The van der Waals surface area contributed by atoms with Crippen molar-refractivity contribution in [2.45, 2.75) is 6.54 Å². The summed E-state index contributed by atoms with van der Waals surface area (Å²) in [6.07, 6.45) is 4.94. The van der Waals surface area contributed by atoms with E-state index in [2.05, 4.69) is 25.3 Å². The molecule has 9 nitrogen and oxygen atoms in total. The van der Waals surface area contributed by atoms with Crippen molar-refractivity contribution in [1.82, 2.24) is 29.8 Å². The molecule has 0 bridgehead atoms.